The molecule has 0 aliphatic heterocycles. The van der Waals surface area contributed by atoms with Crippen LogP contribution in [0.5, 0.6) is 0 Å². The molecule has 0 aromatic heterocycles. The lowest BCUT2D eigenvalue weighted by Crippen LogP contribution is -2.17. The highest BCUT2D eigenvalue weighted by Gasteiger charge is 2.16. The zero-order valence-corrected chi connectivity index (χ0v) is 17.9. The SMILES string of the molecule is COC(=O)CC(=O)Nc1ccc(C(Cc2ccc(Cl)cc2)c2ccc(Cl)cc2)cc1. The lowest BCUT2D eigenvalue weighted by Gasteiger charge is -2.19. The van der Waals surface area contributed by atoms with E-state index < -0.39 is 11.9 Å². The molecular formula is C24H21Cl2NO3. The molecule has 0 aliphatic carbocycles. The number of benzene rings is 3. The number of hydrogen-bond donors (Lipinski definition) is 1. The zero-order chi connectivity index (χ0) is 21.5. The van der Waals surface area contributed by atoms with Crippen LogP contribution in [-0.2, 0) is 20.7 Å². The molecular weight excluding hydrogens is 421 g/mol. The van der Waals surface area contributed by atoms with E-state index >= 15 is 0 Å². The molecule has 3 aromatic carbocycles. The summed E-state index contributed by atoms with van der Waals surface area (Å²) in [5, 5.41) is 4.09. The maximum atomic E-state index is 11.9. The molecule has 3 rings (SSSR count). The predicted molar refractivity (Wildman–Crippen MR) is 120 cm³/mol. The molecule has 0 saturated heterocycles. The molecule has 1 amide bonds. The molecule has 154 valence electrons. The fourth-order valence-electron chi connectivity index (χ4n) is 3.19. The molecule has 3 aromatic rings. The second-order valence-corrected chi connectivity index (χ2v) is 7.73. The standard InChI is InChI=1S/C24H21Cl2NO3/c1-30-24(29)15-23(28)27-21-12-6-18(7-13-21)22(17-4-10-20(26)11-5-17)14-16-2-8-19(25)9-3-16/h2-13,22H,14-15H2,1H3,(H,27,28). The van der Waals surface area contributed by atoms with E-state index in [9.17, 15) is 9.59 Å². The van der Waals surface area contributed by atoms with E-state index in [1.165, 1.54) is 7.11 Å². The Morgan fingerprint density at radius 1 is 0.833 bits per heavy atom. The quantitative estimate of drug-likeness (QED) is 0.368. The van der Waals surface area contributed by atoms with E-state index in [0.29, 0.717) is 15.7 Å². The smallest absolute Gasteiger partial charge is 0.315 e. The van der Waals surface area contributed by atoms with Gasteiger partial charge in [-0.1, -0.05) is 59.6 Å². The third-order valence-electron chi connectivity index (χ3n) is 4.75. The monoisotopic (exact) mass is 441 g/mol. The lowest BCUT2D eigenvalue weighted by atomic mass is 9.86. The number of carbonyl (C=O) groups excluding carboxylic acids is 2. The summed E-state index contributed by atoms with van der Waals surface area (Å²) in [6, 6.07) is 23.2. The van der Waals surface area contributed by atoms with Crippen LogP contribution in [0.3, 0.4) is 0 Å². The van der Waals surface area contributed by atoms with Gasteiger partial charge in [0.1, 0.15) is 6.42 Å². The van der Waals surface area contributed by atoms with Gasteiger partial charge < -0.3 is 10.1 Å². The minimum atomic E-state index is -0.574. The number of ether oxygens (including phenoxy) is 1. The third-order valence-corrected chi connectivity index (χ3v) is 5.26. The van der Waals surface area contributed by atoms with Crippen LogP contribution in [0.1, 0.15) is 29.0 Å². The molecule has 1 atom stereocenters. The molecule has 6 heteroatoms. The Labute approximate surface area is 185 Å². The van der Waals surface area contributed by atoms with Gasteiger partial charge in [0.05, 0.1) is 7.11 Å². The van der Waals surface area contributed by atoms with Gasteiger partial charge in [-0.05, 0) is 59.5 Å². The van der Waals surface area contributed by atoms with Crippen molar-refractivity contribution in [2.24, 2.45) is 0 Å². The number of methoxy groups -OCH3 is 1. The molecule has 4 nitrogen and oxygen atoms in total. The first-order valence-corrected chi connectivity index (χ1v) is 10.2. The Kier molecular flexibility index (Phi) is 7.50. The molecule has 0 fully saturated rings. The summed E-state index contributed by atoms with van der Waals surface area (Å²) in [6.07, 6.45) is 0.467. The number of carbonyl (C=O) groups is 2. The maximum Gasteiger partial charge on any atom is 0.315 e. The Balaban J connectivity index is 1.82. The van der Waals surface area contributed by atoms with Crippen molar-refractivity contribution in [1.29, 1.82) is 0 Å². The van der Waals surface area contributed by atoms with Crippen molar-refractivity contribution < 1.29 is 14.3 Å². The molecule has 0 saturated carbocycles. The van der Waals surface area contributed by atoms with E-state index in [1.807, 2.05) is 72.8 Å². The maximum absolute atomic E-state index is 11.9. The second-order valence-electron chi connectivity index (χ2n) is 6.86. The first-order chi connectivity index (χ1) is 14.4. The highest BCUT2D eigenvalue weighted by atomic mass is 35.5. The van der Waals surface area contributed by atoms with Crippen LogP contribution in [0, 0.1) is 0 Å². The van der Waals surface area contributed by atoms with Crippen LogP contribution >= 0.6 is 23.2 Å². The number of esters is 1. The minimum Gasteiger partial charge on any atom is -0.469 e. The fraction of sp³-hybridized carbons (Fsp3) is 0.167. The van der Waals surface area contributed by atoms with E-state index in [-0.39, 0.29) is 12.3 Å². The summed E-state index contributed by atoms with van der Waals surface area (Å²) in [6.45, 7) is 0. The molecule has 30 heavy (non-hydrogen) atoms. The van der Waals surface area contributed by atoms with Crippen molar-refractivity contribution >= 4 is 40.8 Å². The van der Waals surface area contributed by atoms with Gasteiger partial charge in [0.15, 0.2) is 0 Å². The molecule has 0 aliphatic rings. The Bertz CT molecular complexity index is 1000. The average molecular weight is 442 g/mol. The number of anilines is 1. The normalized spacial score (nSPS) is 11.6. The van der Waals surface area contributed by atoms with Crippen LogP contribution in [0.4, 0.5) is 5.69 Å². The van der Waals surface area contributed by atoms with Gasteiger partial charge in [0, 0.05) is 21.7 Å². The second kappa shape index (κ2) is 10.3. The first-order valence-electron chi connectivity index (χ1n) is 9.41. The van der Waals surface area contributed by atoms with Gasteiger partial charge in [0.2, 0.25) is 5.91 Å². The Morgan fingerprint density at radius 3 is 1.87 bits per heavy atom. The molecule has 0 spiro atoms. The molecule has 0 bridgehead atoms. The van der Waals surface area contributed by atoms with Crippen molar-refractivity contribution in [2.75, 3.05) is 12.4 Å². The molecule has 0 heterocycles. The van der Waals surface area contributed by atoms with Crippen LogP contribution < -0.4 is 5.32 Å². The number of nitrogens with one attached hydrogen (secondary N) is 1. The van der Waals surface area contributed by atoms with E-state index in [4.69, 9.17) is 23.2 Å². The highest BCUT2D eigenvalue weighted by Crippen LogP contribution is 2.30. The average Bonchev–Trinajstić information content (AvgIpc) is 2.74. The van der Waals surface area contributed by atoms with E-state index in [1.54, 1.807) is 0 Å². The van der Waals surface area contributed by atoms with E-state index in [0.717, 1.165) is 23.1 Å². The predicted octanol–water partition coefficient (Wildman–Crippen LogP) is 5.87. The van der Waals surface area contributed by atoms with Crippen LogP contribution in [0.15, 0.2) is 72.8 Å². The van der Waals surface area contributed by atoms with Gasteiger partial charge >= 0.3 is 5.97 Å². The largest absolute Gasteiger partial charge is 0.469 e. The van der Waals surface area contributed by atoms with Crippen LogP contribution in [-0.4, -0.2) is 19.0 Å². The summed E-state index contributed by atoms with van der Waals surface area (Å²) in [5.41, 5.74) is 4.01. The Hall–Kier alpha value is -2.82. The topological polar surface area (TPSA) is 55.4 Å². The van der Waals surface area contributed by atoms with Gasteiger partial charge in [-0.15, -0.1) is 0 Å². The minimum absolute atomic E-state index is 0.100. The van der Waals surface area contributed by atoms with Gasteiger partial charge in [-0.25, -0.2) is 0 Å². The van der Waals surface area contributed by atoms with Crippen molar-refractivity contribution in [3.8, 4) is 0 Å². The summed E-state index contributed by atoms with van der Waals surface area (Å²) >= 11 is 12.1. The van der Waals surface area contributed by atoms with Crippen molar-refractivity contribution in [1.82, 2.24) is 0 Å². The summed E-state index contributed by atoms with van der Waals surface area (Å²) in [4.78, 5) is 23.1. The van der Waals surface area contributed by atoms with Gasteiger partial charge in [-0.3, -0.25) is 9.59 Å². The number of amides is 1. The van der Waals surface area contributed by atoms with Crippen LogP contribution in [0.2, 0.25) is 10.0 Å². The van der Waals surface area contributed by atoms with E-state index in [2.05, 4.69) is 10.1 Å². The van der Waals surface area contributed by atoms with Crippen molar-refractivity contribution in [2.45, 2.75) is 18.8 Å². The third kappa shape index (κ3) is 6.09. The summed E-state index contributed by atoms with van der Waals surface area (Å²) < 4.78 is 4.51. The first kappa shape index (κ1) is 21.9. The lowest BCUT2D eigenvalue weighted by molar-refractivity contribution is -0.142. The number of halogens is 2. The highest BCUT2D eigenvalue weighted by molar-refractivity contribution is 6.30. The molecule has 1 N–H and O–H groups in total. The van der Waals surface area contributed by atoms with Crippen molar-refractivity contribution in [3.05, 3.63) is 99.5 Å². The van der Waals surface area contributed by atoms with Gasteiger partial charge in [-0.2, -0.15) is 0 Å². The van der Waals surface area contributed by atoms with Crippen LogP contribution in [0.25, 0.3) is 0 Å². The Morgan fingerprint density at radius 2 is 1.33 bits per heavy atom. The molecule has 0 radical (unpaired) electrons. The molecule has 1 unspecified atom stereocenters. The fourth-order valence-corrected chi connectivity index (χ4v) is 3.44. The summed E-state index contributed by atoms with van der Waals surface area (Å²) in [7, 11) is 1.25. The van der Waals surface area contributed by atoms with Crippen molar-refractivity contribution in [3.63, 3.8) is 0 Å². The van der Waals surface area contributed by atoms with Gasteiger partial charge in [0.25, 0.3) is 0 Å². The number of rotatable bonds is 7. The number of hydrogen-bond acceptors (Lipinski definition) is 3. The summed E-state index contributed by atoms with van der Waals surface area (Å²) in [5.74, 6) is -0.886. The zero-order valence-electron chi connectivity index (χ0n) is 16.4.